The van der Waals surface area contributed by atoms with Crippen molar-refractivity contribution in [2.24, 2.45) is 0 Å². The first-order valence-electron chi connectivity index (χ1n) is 6.87. The van der Waals surface area contributed by atoms with E-state index in [1.54, 1.807) is 37.3 Å². The summed E-state index contributed by atoms with van der Waals surface area (Å²) in [6.07, 6.45) is -0.510. The van der Waals surface area contributed by atoms with Crippen molar-refractivity contribution in [3.8, 4) is 22.6 Å². The van der Waals surface area contributed by atoms with E-state index in [4.69, 9.17) is 9.47 Å². The lowest BCUT2D eigenvalue weighted by molar-refractivity contribution is -0.0975. The van der Waals surface area contributed by atoms with E-state index in [-0.39, 0.29) is 17.1 Å². The topological polar surface area (TPSA) is 76.0 Å². The third-order valence-electron chi connectivity index (χ3n) is 3.31. The van der Waals surface area contributed by atoms with Crippen LogP contribution in [0.1, 0.15) is 29.1 Å². The summed E-state index contributed by atoms with van der Waals surface area (Å²) < 4.78 is 10.3. The maximum Gasteiger partial charge on any atom is 0.181 e. The molecule has 0 amide bonds. The molecular weight excluding hydrogens is 284 g/mol. The zero-order valence-electron chi connectivity index (χ0n) is 12.4. The highest BCUT2D eigenvalue weighted by Crippen LogP contribution is 2.37. The number of hydrogen-bond donors (Lipinski definition) is 2. The molecular formula is C17H18O5. The van der Waals surface area contributed by atoms with Crippen LogP contribution in [-0.4, -0.2) is 30.2 Å². The lowest BCUT2D eigenvalue weighted by Crippen LogP contribution is -2.04. The van der Waals surface area contributed by atoms with Crippen LogP contribution >= 0.6 is 0 Å². The largest absolute Gasteiger partial charge is 0.504 e. The number of aliphatic hydroxyl groups excluding tert-OH is 1. The highest BCUT2D eigenvalue weighted by atomic mass is 16.6. The number of hydrogen-bond acceptors (Lipinski definition) is 5. The highest BCUT2D eigenvalue weighted by Gasteiger charge is 2.16. The molecule has 2 N–H and O–H groups in total. The Kier molecular flexibility index (Phi) is 5.14. The van der Waals surface area contributed by atoms with Crippen LogP contribution in [0.4, 0.5) is 0 Å². The Labute approximate surface area is 128 Å². The van der Waals surface area contributed by atoms with Crippen LogP contribution in [0.3, 0.4) is 0 Å². The molecule has 2 rings (SSSR count). The molecule has 0 spiro atoms. The number of aliphatic hydroxyl groups is 1. The van der Waals surface area contributed by atoms with Crippen molar-refractivity contribution in [1.82, 2.24) is 0 Å². The van der Waals surface area contributed by atoms with E-state index >= 15 is 0 Å². The third-order valence-corrected chi connectivity index (χ3v) is 3.31. The molecule has 1 atom stereocenters. The third kappa shape index (κ3) is 3.10. The Balaban J connectivity index is 2.59. The van der Waals surface area contributed by atoms with E-state index in [9.17, 15) is 15.0 Å². The summed E-state index contributed by atoms with van der Waals surface area (Å²) in [4.78, 5) is 11.1. The molecule has 0 aliphatic heterocycles. The summed E-state index contributed by atoms with van der Waals surface area (Å²) in [5.74, 6) is -0.00982. The Morgan fingerprint density at radius 1 is 1.27 bits per heavy atom. The second-order valence-corrected chi connectivity index (χ2v) is 4.63. The summed E-state index contributed by atoms with van der Waals surface area (Å²) in [7, 11) is 1.41. The zero-order valence-corrected chi connectivity index (χ0v) is 12.4. The molecule has 0 aromatic heterocycles. The maximum atomic E-state index is 11.1. The molecule has 0 heterocycles. The monoisotopic (exact) mass is 302 g/mol. The van der Waals surface area contributed by atoms with Crippen LogP contribution in [0, 0.1) is 0 Å². The van der Waals surface area contributed by atoms with Crippen molar-refractivity contribution in [2.75, 3.05) is 13.7 Å². The van der Waals surface area contributed by atoms with Gasteiger partial charge in [-0.15, -0.1) is 0 Å². The fourth-order valence-corrected chi connectivity index (χ4v) is 2.25. The van der Waals surface area contributed by atoms with Crippen LogP contribution in [0.5, 0.6) is 11.5 Å². The minimum absolute atomic E-state index is 0.120. The highest BCUT2D eigenvalue weighted by molar-refractivity contribution is 5.85. The fourth-order valence-electron chi connectivity index (χ4n) is 2.25. The number of ether oxygens (including phenoxy) is 2. The number of aldehydes is 1. The second kappa shape index (κ2) is 7.06. The summed E-state index contributed by atoms with van der Waals surface area (Å²) >= 11 is 0. The molecule has 5 nitrogen and oxygen atoms in total. The van der Waals surface area contributed by atoms with Gasteiger partial charge in [-0.1, -0.05) is 24.3 Å². The molecule has 0 aliphatic rings. The van der Waals surface area contributed by atoms with E-state index < -0.39 is 6.29 Å². The molecule has 2 aromatic rings. The molecule has 0 saturated heterocycles. The average molecular weight is 302 g/mol. The maximum absolute atomic E-state index is 11.1. The summed E-state index contributed by atoms with van der Waals surface area (Å²) in [5, 5.41) is 20.0. The van der Waals surface area contributed by atoms with Crippen molar-refractivity contribution in [3.63, 3.8) is 0 Å². The molecule has 5 heteroatoms. The van der Waals surface area contributed by atoms with Crippen LogP contribution in [0.2, 0.25) is 0 Å². The van der Waals surface area contributed by atoms with Crippen LogP contribution in [-0.2, 0) is 4.74 Å². The van der Waals surface area contributed by atoms with Crippen LogP contribution in [0.25, 0.3) is 11.1 Å². The van der Waals surface area contributed by atoms with Crippen molar-refractivity contribution in [2.45, 2.75) is 13.2 Å². The van der Waals surface area contributed by atoms with Gasteiger partial charge >= 0.3 is 0 Å². The normalized spacial score (nSPS) is 12.0. The molecule has 22 heavy (non-hydrogen) atoms. The van der Waals surface area contributed by atoms with E-state index in [1.807, 2.05) is 6.07 Å². The van der Waals surface area contributed by atoms with Gasteiger partial charge in [0.2, 0.25) is 0 Å². The van der Waals surface area contributed by atoms with Gasteiger partial charge in [0.1, 0.15) is 0 Å². The van der Waals surface area contributed by atoms with Crippen molar-refractivity contribution in [3.05, 3.63) is 47.5 Å². The molecule has 0 fully saturated rings. The predicted octanol–water partition coefficient (Wildman–Crippen LogP) is 2.91. The van der Waals surface area contributed by atoms with Gasteiger partial charge in [-0.25, -0.2) is 0 Å². The minimum Gasteiger partial charge on any atom is -0.504 e. The molecule has 2 aromatic carbocycles. The molecule has 0 bridgehead atoms. The second-order valence-electron chi connectivity index (χ2n) is 4.63. The Hall–Kier alpha value is -2.37. The van der Waals surface area contributed by atoms with E-state index in [2.05, 4.69) is 0 Å². The number of carbonyl (C=O) groups excluding carboxylic acids is 1. The van der Waals surface area contributed by atoms with Crippen LogP contribution in [0.15, 0.2) is 36.4 Å². The average Bonchev–Trinajstić information content (AvgIpc) is 2.55. The standard InChI is InChI=1S/C17H18O5/c1-3-22-17(20)14-7-5-4-6-13(14)11-8-12(10-18)16(19)15(9-11)21-2/h4-10,17,19-20H,3H2,1-2H3. The zero-order chi connectivity index (χ0) is 16.1. The predicted molar refractivity (Wildman–Crippen MR) is 82.1 cm³/mol. The molecule has 116 valence electrons. The molecule has 0 saturated carbocycles. The van der Waals surface area contributed by atoms with Crippen molar-refractivity contribution < 1.29 is 24.5 Å². The number of aromatic hydroxyl groups is 1. The smallest absolute Gasteiger partial charge is 0.181 e. The Bertz CT molecular complexity index is 666. The van der Waals surface area contributed by atoms with Gasteiger partial charge in [-0.05, 0) is 30.2 Å². The number of carbonyl (C=O) groups is 1. The van der Waals surface area contributed by atoms with Gasteiger partial charge in [0.25, 0.3) is 0 Å². The van der Waals surface area contributed by atoms with Crippen molar-refractivity contribution >= 4 is 6.29 Å². The van der Waals surface area contributed by atoms with Gasteiger partial charge in [-0.2, -0.15) is 0 Å². The number of rotatable bonds is 6. The summed E-state index contributed by atoms with van der Waals surface area (Å²) in [6, 6.07) is 10.3. The number of benzene rings is 2. The summed E-state index contributed by atoms with van der Waals surface area (Å²) in [5.41, 5.74) is 2.04. The first-order chi connectivity index (χ1) is 10.6. The molecule has 0 aliphatic carbocycles. The van der Waals surface area contributed by atoms with Gasteiger partial charge < -0.3 is 19.7 Å². The molecule has 1 unspecified atom stereocenters. The Morgan fingerprint density at radius 2 is 2.00 bits per heavy atom. The van der Waals surface area contributed by atoms with Gasteiger partial charge in [0.05, 0.1) is 12.7 Å². The summed E-state index contributed by atoms with van der Waals surface area (Å²) in [6.45, 7) is 2.16. The first kappa shape index (κ1) is 16.0. The minimum atomic E-state index is -1.07. The van der Waals surface area contributed by atoms with Crippen molar-refractivity contribution in [1.29, 1.82) is 0 Å². The fraction of sp³-hybridized carbons (Fsp3) is 0.235. The number of phenolic OH excluding ortho intramolecular Hbond substituents is 1. The number of phenols is 1. The Morgan fingerprint density at radius 3 is 2.64 bits per heavy atom. The molecule has 0 radical (unpaired) electrons. The first-order valence-corrected chi connectivity index (χ1v) is 6.87. The van der Waals surface area contributed by atoms with Gasteiger partial charge in [-0.3, -0.25) is 4.79 Å². The van der Waals surface area contributed by atoms with Gasteiger partial charge in [0, 0.05) is 12.2 Å². The lowest BCUT2D eigenvalue weighted by atomic mass is 9.97. The SMILES string of the molecule is CCOC(O)c1ccccc1-c1cc(C=O)c(O)c(OC)c1. The van der Waals surface area contributed by atoms with Gasteiger partial charge in [0.15, 0.2) is 24.1 Å². The quantitative estimate of drug-likeness (QED) is 0.634. The van der Waals surface area contributed by atoms with E-state index in [0.717, 1.165) is 0 Å². The van der Waals surface area contributed by atoms with E-state index in [0.29, 0.717) is 29.6 Å². The van der Waals surface area contributed by atoms with E-state index in [1.165, 1.54) is 7.11 Å². The van der Waals surface area contributed by atoms with Crippen LogP contribution < -0.4 is 4.74 Å². The number of methoxy groups -OCH3 is 1. The lowest BCUT2D eigenvalue weighted by Gasteiger charge is -2.17.